The number of amidine groups is 1. The maximum Gasteiger partial charge on any atom is 0.331 e. The van der Waals surface area contributed by atoms with Crippen LogP contribution < -0.4 is 10.0 Å². The first-order valence-corrected chi connectivity index (χ1v) is 10.3. The number of esters is 1. The Morgan fingerprint density at radius 2 is 2.03 bits per heavy atom. The highest BCUT2D eigenvalue weighted by atomic mass is 32.2. The molecule has 0 radical (unpaired) electrons. The topological polar surface area (TPSA) is 151 Å². The Hall–Kier alpha value is -3.65. The van der Waals surface area contributed by atoms with E-state index in [1.54, 1.807) is 32.0 Å². The van der Waals surface area contributed by atoms with Gasteiger partial charge in [0.05, 0.1) is 4.90 Å². The van der Waals surface area contributed by atoms with Gasteiger partial charge in [-0.1, -0.05) is 12.1 Å². The third-order valence-electron chi connectivity index (χ3n) is 4.42. The average molecular weight is 430 g/mol. The Morgan fingerprint density at radius 1 is 1.33 bits per heavy atom. The Morgan fingerprint density at radius 3 is 2.73 bits per heavy atom. The monoisotopic (exact) mass is 430 g/mol. The molecule has 0 saturated heterocycles. The van der Waals surface area contributed by atoms with Gasteiger partial charge in [-0.3, -0.25) is 19.8 Å². The summed E-state index contributed by atoms with van der Waals surface area (Å²) in [5, 5.41) is 11.5. The number of furan rings is 1. The van der Waals surface area contributed by atoms with Crippen LogP contribution in [0.5, 0.6) is 0 Å². The van der Waals surface area contributed by atoms with Crippen LogP contribution in [0.2, 0.25) is 0 Å². The van der Waals surface area contributed by atoms with Crippen molar-refractivity contribution in [3.05, 3.63) is 46.7 Å². The molecule has 0 saturated carbocycles. The van der Waals surface area contributed by atoms with Crippen LogP contribution in [0, 0.1) is 25.2 Å². The van der Waals surface area contributed by atoms with E-state index in [2.05, 4.69) is 15.0 Å². The number of nitrogens with one attached hydrogen (secondary N) is 2. The van der Waals surface area contributed by atoms with Crippen LogP contribution in [0.4, 0.5) is 5.88 Å². The van der Waals surface area contributed by atoms with E-state index in [9.17, 15) is 18.0 Å². The Bertz CT molecular complexity index is 1210. The van der Waals surface area contributed by atoms with Gasteiger partial charge in [-0.15, -0.1) is 0 Å². The molecule has 1 aliphatic rings. The number of amides is 1. The second-order valence-electron chi connectivity index (χ2n) is 6.51. The van der Waals surface area contributed by atoms with Gasteiger partial charge in [0, 0.05) is 11.1 Å². The molecular weight excluding hydrogens is 412 g/mol. The molecule has 1 aliphatic heterocycles. The lowest BCUT2D eigenvalue weighted by Gasteiger charge is -2.09. The fourth-order valence-corrected chi connectivity index (χ4v) is 3.98. The Balaban J connectivity index is 1.63. The average Bonchev–Trinajstić information content (AvgIpc) is 3.12. The van der Waals surface area contributed by atoms with E-state index in [0.29, 0.717) is 16.9 Å². The van der Waals surface area contributed by atoms with Crippen molar-refractivity contribution in [1.82, 2.24) is 4.72 Å². The second-order valence-corrected chi connectivity index (χ2v) is 8.16. The zero-order chi connectivity index (χ0) is 22.1. The molecule has 2 aromatic rings. The van der Waals surface area contributed by atoms with E-state index in [1.807, 2.05) is 6.07 Å². The highest BCUT2D eigenvalue weighted by Crippen LogP contribution is 2.25. The molecule has 0 bridgehead atoms. The number of nitrogens with zero attached hydrogens (tertiary/aromatic N) is 2. The number of hydrogen-bond donors (Lipinski definition) is 2. The SMILES string of the molecule is Cc1oc(NC(=O)COC(=O)[C@H](C)N=C2NS(=O)(=O)c3ccccc32)c(C#N)c1C. The summed E-state index contributed by atoms with van der Waals surface area (Å²) in [5.74, 6) is -1.02. The minimum Gasteiger partial charge on any atom is -0.454 e. The van der Waals surface area contributed by atoms with Crippen molar-refractivity contribution in [2.45, 2.75) is 31.7 Å². The van der Waals surface area contributed by atoms with Gasteiger partial charge in [0.2, 0.25) is 5.88 Å². The van der Waals surface area contributed by atoms with Crippen molar-refractivity contribution in [2.24, 2.45) is 4.99 Å². The highest BCUT2D eigenvalue weighted by Gasteiger charge is 2.31. The van der Waals surface area contributed by atoms with Crippen LogP contribution in [-0.2, 0) is 24.3 Å². The molecule has 156 valence electrons. The number of nitriles is 1. The fourth-order valence-electron chi connectivity index (χ4n) is 2.75. The molecule has 0 aliphatic carbocycles. The quantitative estimate of drug-likeness (QED) is 0.680. The van der Waals surface area contributed by atoms with E-state index >= 15 is 0 Å². The molecule has 0 fully saturated rings. The molecule has 2 heterocycles. The minimum atomic E-state index is -3.73. The minimum absolute atomic E-state index is 0.0150. The summed E-state index contributed by atoms with van der Waals surface area (Å²) in [5.41, 5.74) is 1.15. The fraction of sp³-hybridized carbons (Fsp3) is 0.263. The first-order valence-electron chi connectivity index (χ1n) is 8.80. The van der Waals surface area contributed by atoms with E-state index in [4.69, 9.17) is 14.4 Å². The first kappa shape index (κ1) is 21.1. The van der Waals surface area contributed by atoms with Gasteiger partial charge in [-0.2, -0.15) is 5.26 Å². The molecule has 1 atom stereocenters. The lowest BCUT2D eigenvalue weighted by Crippen LogP contribution is -2.28. The first-order chi connectivity index (χ1) is 14.1. The van der Waals surface area contributed by atoms with Crippen molar-refractivity contribution in [3.8, 4) is 6.07 Å². The molecule has 0 unspecified atom stereocenters. The molecule has 0 spiro atoms. The van der Waals surface area contributed by atoms with Crippen molar-refractivity contribution >= 4 is 33.6 Å². The number of rotatable bonds is 5. The molecule has 11 heteroatoms. The normalized spacial score (nSPS) is 16.3. The van der Waals surface area contributed by atoms with Crippen LogP contribution in [0.25, 0.3) is 0 Å². The number of aliphatic imine (C=N–C) groups is 1. The zero-order valence-corrected chi connectivity index (χ0v) is 17.2. The van der Waals surface area contributed by atoms with Gasteiger partial charge in [0.15, 0.2) is 6.61 Å². The molecule has 3 rings (SSSR count). The van der Waals surface area contributed by atoms with Crippen LogP contribution in [0.15, 0.2) is 38.6 Å². The lowest BCUT2D eigenvalue weighted by molar-refractivity contribution is -0.148. The molecule has 1 amide bonds. The number of ether oxygens (including phenoxy) is 1. The van der Waals surface area contributed by atoms with E-state index in [-0.39, 0.29) is 22.2 Å². The number of aryl methyl sites for hydroxylation is 1. The summed E-state index contributed by atoms with van der Waals surface area (Å²) in [7, 11) is -3.73. The third kappa shape index (κ3) is 4.04. The van der Waals surface area contributed by atoms with Crippen molar-refractivity contribution < 1.29 is 27.2 Å². The van der Waals surface area contributed by atoms with Crippen LogP contribution in [0.1, 0.15) is 29.4 Å². The standard InChI is InChI=1S/C19H18N4O6S/c1-10-12(3)29-18(14(10)8-20)22-16(24)9-28-19(25)11(2)21-17-13-6-4-5-7-15(13)30(26,27)23-17/h4-7,11H,9H2,1-3H3,(H,21,23)(H,22,24)/t11-/m0/s1. The lowest BCUT2D eigenvalue weighted by atomic mass is 10.2. The van der Waals surface area contributed by atoms with E-state index in [1.165, 1.54) is 13.0 Å². The maximum atomic E-state index is 12.2. The van der Waals surface area contributed by atoms with Gasteiger partial charge in [0.1, 0.15) is 29.3 Å². The number of benzene rings is 1. The van der Waals surface area contributed by atoms with Crippen LogP contribution >= 0.6 is 0 Å². The van der Waals surface area contributed by atoms with Crippen molar-refractivity contribution in [2.75, 3.05) is 11.9 Å². The number of carbonyl (C=O) groups is 2. The second kappa shape index (κ2) is 8.00. The molecule has 1 aromatic heterocycles. The molecule has 30 heavy (non-hydrogen) atoms. The number of carbonyl (C=O) groups excluding carboxylic acids is 2. The highest BCUT2D eigenvalue weighted by molar-refractivity contribution is 7.90. The zero-order valence-electron chi connectivity index (χ0n) is 16.3. The van der Waals surface area contributed by atoms with Gasteiger partial charge in [-0.25, -0.2) is 13.2 Å². The summed E-state index contributed by atoms with van der Waals surface area (Å²) in [6.07, 6.45) is 0. The largest absolute Gasteiger partial charge is 0.454 e. The number of sulfonamides is 1. The van der Waals surface area contributed by atoms with Crippen molar-refractivity contribution in [1.29, 1.82) is 5.26 Å². The summed E-state index contributed by atoms with van der Waals surface area (Å²) >= 11 is 0. The smallest absolute Gasteiger partial charge is 0.331 e. The molecule has 10 nitrogen and oxygen atoms in total. The third-order valence-corrected chi connectivity index (χ3v) is 5.82. The van der Waals surface area contributed by atoms with Gasteiger partial charge in [0.25, 0.3) is 15.9 Å². The van der Waals surface area contributed by atoms with Gasteiger partial charge in [-0.05, 0) is 32.9 Å². The maximum absolute atomic E-state index is 12.2. The Labute approximate surface area is 172 Å². The summed E-state index contributed by atoms with van der Waals surface area (Å²) < 4.78 is 36.7. The van der Waals surface area contributed by atoms with E-state index in [0.717, 1.165) is 0 Å². The molecular formula is C19H18N4O6S. The van der Waals surface area contributed by atoms with Crippen LogP contribution in [-0.4, -0.2) is 38.8 Å². The predicted octanol–water partition coefficient (Wildman–Crippen LogP) is 1.38. The number of fused-ring (bicyclic) bond motifs is 1. The molecule has 2 N–H and O–H groups in total. The summed E-state index contributed by atoms with van der Waals surface area (Å²) in [6, 6.07) is 7.10. The van der Waals surface area contributed by atoms with Gasteiger partial charge < -0.3 is 9.15 Å². The summed E-state index contributed by atoms with van der Waals surface area (Å²) in [4.78, 5) is 28.4. The Kier molecular flexibility index (Phi) is 5.62. The number of hydrogen-bond acceptors (Lipinski definition) is 8. The van der Waals surface area contributed by atoms with E-state index < -0.39 is 34.5 Å². The number of anilines is 1. The summed E-state index contributed by atoms with van der Waals surface area (Å²) in [6.45, 7) is 4.13. The predicted molar refractivity (Wildman–Crippen MR) is 105 cm³/mol. The van der Waals surface area contributed by atoms with Crippen molar-refractivity contribution in [3.63, 3.8) is 0 Å². The van der Waals surface area contributed by atoms with Crippen LogP contribution in [0.3, 0.4) is 0 Å². The van der Waals surface area contributed by atoms with Gasteiger partial charge >= 0.3 is 5.97 Å². The molecule has 1 aromatic carbocycles.